The van der Waals surface area contributed by atoms with Crippen molar-refractivity contribution >= 4 is 22.9 Å². The Labute approximate surface area is 114 Å². The maximum atomic E-state index is 5.82. The maximum absolute atomic E-state index is 5.82. The SMILES string of the molecule is CCCCN(CC)C(CC)c1nc(CCl)cs1. The van der Waals surface area contributed by atoms with Gasteiger partial charge in [-0.1, -0.05) is 27.2 Å². The predicted octanol–water partition coefficient (Wildman–Crippen LogP) is 4.46. The van der Waals surface area contributed by atoms with E-state index in [1.54, 1.807) is 11.3 Å². The number of aromatic nitrogens is 1. The molecule has 1 heterocycles. The van der Waals surface area contributed by atoms with Crippen molar-refractivity contribution in [2.45, 2.75) is 52.0 Å². The molecular formula is C13H23ClN2S. The third kappa shape index (κ3) is 4.23. The lowest BCUT2D eigenvalue weighted by Gasteiger charge is -2.28. The summed E-state index contributed by atoms with van der Waals surface area (Å²) in [6.07, 6.45) is 3.63. The van der Waals surface area contributed by atoms with Gasteiger partial charge >= 0.3 is 0 Å². The van der Waals surface area contributed by atoms with Crippen molar-refractivity contribution in [2.24, 2.45) is 0 Å². The topological polar surface area (TPSA) is 16.1 Å². The zero-order chi connectivity index (χ0) is 12.7. The summed E-state index contributed by atoms with van der Waals surface area (Å²) < 4.78 is 0. The lowest BCUT2D eigenvalue weighted by molar-refractivity contribution is 0.199. The maximum Gasteiger partial charge on any atom is 0.110 e. The molecule has 0 aliphatic rings. The molecule has 0 spiro atoms. The molecule has 4 heteroatoms. The molecule has 1 unspecified atom stereocenters. The quantitative estimate of drug-likeness (QED) is 0.651. The van der Waals surface area contributed by atoms with E-state index in [1.807, 2.05) is 0 Å². The minimum absolute atomic E-state index is 0.466. The summed E-state index contributed by atoms with van der Waals surface area (Å²) in [7, 11) is 0. The first-order chi connectivity index (χ1) is 8.26. The standard InChI is InChI=1S/C13H23ClN2S/c1-4-7-8-16(6-3)12(5-2)13-15-11(9-14)10-17-13/h10,12H,4-9H2,1-3H3. The zero-order valence-corrected chi connectivity index (χ0v) is 12.7. The molecule has 1 aromatic rings. The van der Waals surface area contributed by atoms with Gasteiger partial charge in [0.25, 0.3) is 0 Å². The fourth-order valence-electron chi connectivity index (χ4n) is 2.02. The van der Waals surface area contributed by atoms with Crippen molar-refractivity contribution in [3.05, 3.63) is 16.1 Å². The van der Waals surface area contributed by atoms with E-state index in [1.165, 1.54) is 24.4 Å². The normalized spacial score (nSPS) is 13.2. The van der Waals surface area contributed by atoms with E-state index in [0.29, 0.717) is 11.9 Å². The molecule has 0 aliphatic carbocycles. The van der Waals surface area contributed by atoms with Crippen LogP contribution >= 0.6 is 22.9 Å². The Morgan fingerprint density at radius 3 is 2.65 bits per heavy atom. The summed E-state index contributed by atoms with van der Waals surface area (Å²) in [6.45, 7) is 8.97. The lowest BCUT2D eigenvalue weighted by atomic mass is 10.2. The number of thiazole rings is 1. The van der Waals surface area contributed by atoms with Gasteiger partial charge in [0.2, 0.25) is 0 Å². The fourth-order valence-corrected chi connectivity index (χ4v) is 3.29. The van der Waals surface area contributed by atoms with Crippen molar-refractivity contribution in [3.63, 3.8) is 0 Å². The van der Waals surface area contributed by atoms with E-state index < -0.39 is 0 Å². The number of nitrogens with zero attached hydrogens (tertiary/aromatic N) is 2. The van der Waals surface area contributed by atoms with Crippen LogP contribution < -0.4 is 0 Å². The third-order valence-electron chi connectivity index (χ3n) is 3.02. The Balaban J connectivity index is 2.73. The van der Waals surface area contributed by atoms with E-state index in [9.17, 15) is 0 Å². The lowest BCUT2D eigenvalue weighted by Crippen LogP contribution is -2.29. The van der Waals surface area contributed by atoms with E-state index in [0.717, 1.165) is 18.7 Å². The Morgan fingerprint density at radius 2 is 2.18 bits per heavy atom. The summed E-state index contributed by atoms with van der Waals surface area (Å²) in [5, 5.41) is 3.31. The van der Waals surface area contributed by atoms with Crippen LogP contribution in [0.15, 0.2) is 5.38 Å². The predicted molar refractivity (Wildman–Crippen MR) is 76.9 cm³/mol. The molecule has 1 atom stereocenters. The first kappa shape index (κ1) is 14.9. The molecule has 0 saturated heterocycles. The van der Waals surface area contributed by atoms with Crippen molar-refractivity contribution in [2.75, 3.05) is 13.1 Å². The van der Waals surface area contributed by atoms with Gasteiger partial charge in [-0.2, -0.15) is 0 Å². The molecule has 0 amide bonds. The summed E-state index contributed by atoms with van der Waals surface area (Å²) in [5.74, 6) is 0.522. The average Bonchev–Trinajstić information content (AvgIpc) is 2.82. The highest BCUT2D eigenvalue weighted by molar-refractivity contribution is 7.09. The van der Waals surface area contributed by atoms with Gasteiger partial charge in [0.1, 0.15) is 5.01 Å². The van der Waals surface area contributed by atoms with Gasteiger partial charge < -0.3 is 0 Å². The number of halogens is 1. The highest BCUT2D eigenvalue weighted by atomic mass is 35.5. The molecule has 0 saturated carbocycles. The second-order valence-corrected chi connectivity index (χ2v) is 5.37. The highest BCUT2D eigenvalue weighted by Gasteiger charge is 2.19. The second kappa shape index (κ2) is 8.06. The molecule has 98 valence electrons. The smallest absolute Gasteiger partial charge is 0.110 e. The Hall–Kier alpha value is -0.120. The minimum atomic E-state index is 0.466. The van der Waals surface area contributed by atoms with Crippen molar-refractivity contribution in [1.29, 1.82) is 0 Å². The molecule has 0 N–H and O–H groups in total. The van der Waals surface area contributed by atoms with Gasteiger partial charge in [-0.25, -0.2) is 4.98 Å². The number of hydrogen-bond donors (Lipinski definition) is 0. The fraction of sp³-hybridized carbons (Fsp3) is 0.769. The van der Waals surface area contributed by atoms with Crippen LogP contribution in [0.25, 0.3) is 0 Å². The summed E-state index contributed by atoms with van der Waals surface area (Å²) in [4.78, 5) is 7.15. The molecule has 1 aromatic heterocycles. The van der Waals surface area contributed by atoms with Crippen LogP contribution in [-0.2, 0) is 5.88 Å². The average molecular weight is 275 g/mol. The van der Waals surface area contributed by atoms with Gasteiger partial charge in [0.05, 0.1) is 17.6 Å². The largest absolute Gasteiger partial charge is 0.294 e. The van der Waals surface area contributed by atoms with Gasteiger partial charge in [0.15, 0.2) is 0 Å². The van der Waals surface area contributed by atoms with Crippen LogP contribution in [0.4, 0.5) is 0 Å². The van der Waals surface area contributed by atoms with Crippen LogP contribution in [0, 0.1) is 0 Å². The minimum Gasteiger partial charge on any atom is -0.294 e. The van der Waals surface area contributed by atoms with Crippen LogP contribution in [0.5, 0.6) is 0 Å². The number of alkyl halides is 1. The van der Waals surface area contributed by atoms with Crippen LogP contribution in [-0.4, -0.2) is 23.0 Å². The van der Waals surface area contributed by atoms with Crippen molar-refractivity contribution < 1.29 is 0 Å². The summed E-state index contributed by atoms with van der Waals surface area (Å²) >= 11 is 7.56. The van der Waals surface area contributed by atoms with Crippen LogP contribution in [0.1, 0.15) is 56.8 Å². The Morgan fingerprint density at radius 1 is 1.41 bits per heavy atom. The molecule has 1 rings (SSSR count). The molecule has 2 nitrogen and oxygen atoms in total. The first-order valence-electron chi connectivity index (χ1n) is 6.51. The monoisotopic (exact) mass is 274 g/mol. The molecule has 0 bridgehead atoms. The molecule has 0 fully saturated rings. The Bertz CT molecular complexity index is 314. The van der Waals surface area contributed by atoms with E-state index in [-0.39, 0.29) is 0 Å². The molecule has 0 aliphatic heterocycles. The van der Waals surface area contributed by atoms with E-state index in [4.69, 9.17) is 11.6 Å². The van der Waals surface area contributed by atoms with Crippen molar-refractivity contribution in [3.8, 4) is 0 Å². The molecule has 17 heavy (non-hydrogen) atoms. The first-order valence-corrected chi connectivity index (χ1v) is 7.92. The highest BCUT2D eigenvalue weighted by Crippen LogP contribution is 2.27. The van der Waals surface area contributed by atoms with Gasteiger partial charge in [-0.3, -0.25) is 4.90 Å². The van der Waals surface area contributed by atoms with Crippen molar-refractivity contribution in [1.82, 2.24) is 9.88 Å². The molecule has 0 aromatic carbocycles. The number of unbranched alkanes of at least 4 members (excludes halogenated alkanes) is 1. The Kier molecular flexibility index (Phi) is 7.09. The van der Waals surface area contributed by atoms with Crippen LogP contribution in [0.2, 0.25) is 0 Å². The molecule has 0 radical (unpaired) electrons. The third-order valence-corrected chi connectivity index (χ3v) is 4.29. The van der Waals surface area contributed by atoms with Crippen LogP contribution in [0.3, 0.4) is 0 Å². The zero-order valence-electron chi connectivity index (χ0n) is 11.1. The number of hydrogen-bond acceptors (Lipinski definition) is 3. The van der Waals surface area contributed by atoms with Gasteiger partial charge in [-0.15, -0.1) is 22.9 Å². The van der Waals surface area contributed by atoms with Gasteiger partial charge in [-0.05, 0) is 25.9 Å². The number of rotatable bonds is 8. The second-order valence-electron chi connectivity index (χ2n) is 4.22. The molecular weight excluding hydrogens is 252 g/mol. The summed E-state index contributed by atoms with van der Waals surface area (Å²) in [6, 6.07) is 0.466. The van der Waals surface area contributed by atoms with Gasteiger partial charge in [0, 0.05) is 5.38 Å². The van der Waals surface area contributed by atoms with E-state index in [2.05, 4.69) is 36.0 Å². The summed E-state index contributed by atoms with van der Waals surface area (Å²) in [5.41, 5.74) is 1.01. The van der Waals surface area contributed by atoms with E-state index >= 15 is 0 Å².